The molecule has 2 aromatic rings. The SMILES string of the molecule is CC.COC.COC1=CC=CC(OC)C1c1cc(C(=O)Nc2nnc(/N=C(N)/C=C\N)s2)oc(=O)c1OCCN1CCOCC1. The Morgan fingerprint density at radius 1 is 1.22 bits per heavy atom. The van der Waals surface area contributed by atoms with E-state index in [1.807, 2.05) is 19.9 Å². The molecule has 0 spiro atoms. The zero-order valence-electron chi connectivity index (χ0n) is 26.5. The van der Waals surface area contributed by atoms with E-state index in [1.54, 1.807) is 33.5 Å². The van der Waals surface area contributed by atoms with E-state index in [2.05, 4.69) is 30.1 Å². The molecule has 2 aliphatic rings. The summed E-state index contributed by atoms with van der Waals surface area (Å²) < 4.78 is 32.3. The maximum Gasteiger partial charge on any atom is 0.379 e. The lowest BCUT2D eigenvalue weighted by Crippen LogP contribution is -2.39. The molecule has 0 radical (unpaired) electrons. The third kappa shape index (κ3) is 11.1. The second-order valence-corrected chi connectivity index (χ2v) is 9.93. The van der Waals surface area contributed by atoms with Crippen molar-refractivity contribution in [3.05, 3.63) is 64.1 Å². The van der Waals surface area contributed by atoms with Crippen LogP contribution >= 0.6 is 11.3 Å². The van der Waals surface area contributed by atoms with Crippen LogP contribution in [0.1, 0.15) is 35.9 Å². The summed E-state index contributed by atoms with van der Waals surface area (Å²) in [6.45, 7) is 7.64. The lowest BCUT2D eigenvalue weighted by atomic mass is 9.87. The van der Waals surface area contributed by atoms with E-state index in [0.717, 1.165) is 24.4 Å². The monoisotopic (exact) mass is 649 g/mol. The van der Waals surface area contributed by atoms with Crippen LogP contribution in [0, 0.1) is 0 Å². The highest BCUT2D eigenvalue weighted by atomic mass is 32.1. The molecule has 15 nitrogen and oxygen atoms in total. The molecular weight excluding hydrogens is 606 g/mol. The van der Waals surface area contributed by atoms with E-state index < -0.39 is 23.6 Å². The highest BCUT2D eigenvalue weighted by Crippen LogP contribution is 2.38. The van der Waals surface area contributed by atoms with Gasteiger partial charge in [0.1, 0.15) is 18.2 Å². The molecule has 5 N–H and O–H groups in total. The number of methoxy groups -OCH3 is 3. The first-order chi connectivity index (χ1) is 21.8. The van der Waals surface area contributed by atoms with Crippen LogP contribution < -0.4 is 27.1 Å². The highest BCUT2D eigenvalue weighted by Gasteiger charge is 2.34. The fourth-order valence-electron chi connectivity index (χ4n) is 4.18. The Balaban J connectivity index is 0.00000133. The molecule has 2 aromatic heterocycles. The molecule has 4 rings (SSSR count). The smallest absolute Gasteiger partial charge is 0.379 e. The summed E-state index contributed by atoms with van der Waals surface area (Å²) >= 11 is 0.970. The quantitative estimate of drug-likeness (QED) is 0.237. The summed E-state index contributed by atoms with van der Waals surface area (Å²) in [5, 5.41) is 10.6. The molecule has 0 bridgehead atoms. The van der Waals surface area contributed by atoms with Crippen LogP contribution in [0.3, 0.4) is 0 Å². The Bertz CT molecular complexity index is 1380. The molecule has 1 aliphatic heterocycles. The van der Waals surface area contributed by atoms with E-state index >= 15 is 0 Å². The average Bonchev–Trinajstić information content (AvgIpc) is 3.49. The number of nitrogens with zero attached hydrogens (tertiary/aromatic N) is 4. The number of amidine groups is 1. The number of ether oxygens (including phenoxy) is 5. The van der Waals surface area contributed by atoms with Crippen LogP contribution in [0.4, 0.5) is 10.3 Å². The third-order valence-corrected chi connectivity index (χ3v) is 6.82. The van der Waals surface area contributed by atoms with E-state index in [-0.39, 0.29) is 34.2 Å². The first-order valence-corrected chi connectivity index (χ1v) is 15.0. The standard InChI is InChI=1S/C25H31N7O7S.C2H6O.C2H6/c1-35-16-4-3-5-17(36-2)20(16)15-14-18(22(33)29-25-31-30-24(40-25)28-19(27)6-7-26)39-23(34)21(15)38-13-10-32-8-11-37-12-9-32;1-3-2;1-2/h3-7,14,16,20H,8-13,26H2,1-2H3,(H2,27,28,30)(H,29,31,33);1-2H3;1-2H3/b7-6-;;. The zero-order chi connectivity index (χ0) is 33.2. The molecule has 1 saturated heterocycles. The van der Waals surface area contributed by atoms with Crippen LogP contribution in [0.5, 0.6) is 5.75 Å². The number of aromatic nitrogens is 2. The van der Waals surface area contributed by atoms with Gasteiger partial charge in [-0.1, -0.05) is 37.3 Å². The topological polar surface area (TPSA) is 199 Å². The second-order valence-electron chi connectivity index (χ2n) is 8.97. The maximum atomic E-state index is 13.2. The number of hydrogen-bond acceptors (Lipinski definition) is 14. The highest BCUT2D eigenvalue weighted by molar-refractivity contribution is 7.18. The molecule has 1 fully saturated rings. The number of allylic oxidation sites excluding steroid dienone is 2. The van der Waals surface area contributed by atoms with Gasteiger partial charge >= 0.3 is 5.63 Å². The molecule has 16 heteroatoms. The van der Waals surface area contributed by atoms with Crippen molar-refractivity contribution in [2.45, 2.75) is 25.9 Å². The molecule has 2 unspecified atom stereocenters. The Morgan fingerprint density at radius 3 is 2.58 bits per heavy atom. The van der Waals surface area contributed by atoms with Crippen molar-refractivity contribution in [3.63, 3.8) is 0 Å². The number of aliphatic imine (C=N–C) groups is 1. The molecule has 248 valence electrons. The summed E-state index contributed by atoms with van der Waals surface area (Å²) in [7, 11) is 6.32. The Labute approximate surface area is 266 Å². The second kappa shape index (κ2) is 20.0. The Morgan fingerprint density at radius 2 is 1.93 bits per heavy atom. The largest absolute Gasteiger partial charge is 0.500 e. The predicted molar refractivity (Wildman–Crippen MR) is 172 cm³/mol. The van der Waals surface area contributed by atoms with Crippen molar-refractivity contribution in [2.24, 2.45) is 16.5 Å². The Kier molecular flexibility index (Phi) is 16.5. The molecule has 2 atom stereocenters. The molecule has 1 amide bonds. The van der Waals surface area contributed by atoms with Crippen LogP contribution in [0.15, 0.2) is 56.5 Å². The minimum atomic E-state index is -0.812. The molecule has 0 aromatic carbocycles. The van der Waals surface area contributed by atoms with Gasteiger partial charge in [-0.05, 0) is 24.4 Å². The summed E-state index contributed by atoms with van der Waals surface area (Å²) in [6.07, 6.45) is 7.52. The number of nitrogens with one attached hydrogen (secondary N) is 1. The van der Waals surface area contributed by atoms with Gasteiger partial charge in [0.05, 0.1) is 32.3 Å². The van der Waals surface area contributed by atoms with E-state index in [0.29, 0.717) is 31.1 Å². The number of nitrogens with two attached hydrogens (primary N) is 2. The van der Waals surface area contributed by atoms with Crippen molar-refractivity contribution < 1.29 is 32.9 Å². The van der Waals surface area contributed by atoms with Gasteiger partial charge in [-0.2, -0.15) is 0 Å². The van der Waals surface area contributed by atoms with Gasteiger partial charge in [-0.25, -0.2) is 9.79 Å². The van der Waals surface area contributed by atoms with Crippen molar-refractivity contribution in [2.75, 3.05) is 73.2 Å². The van der Waals surface area contributed by atoms with E-state index in [1.165, 1.54) is 25.5 Å². The predicted octanol–water partition coefficient (Wildman–Crippen LogP) is 2.40. The van der Waals surface area contributed by atoms with Crippen LogP contribution in [0.25, 0.3) is 0 Å². The number of morpholine rings is 1. The third-order valence-electron chi connectivity index (χ3n) is 6.08. The average molecular weight is 650 g/mol. The number of carbonyl (C=O) groups is 1. The lowest BCUT2D eigenvalue weighted by Gasteiger charge is -2.29. The molecule has 0 saturated carbocycles. The summed E-state index contributed by atoms with van der Waals surface area (Å²) in [5.74, 6) is -0.928. The summed E-state index contributed by atoms with van der Waals surface area (Å²) in [5.41, 5.74) is 10.6. The van der Waals surface area contributed by atoms with E-state index in [4.69, 9.17) is 34.8 Å². The number of anilines is 1. The Hall–Kier alpha value is -4.09. The first-order valence-electron chi connectivity index (χ1n) is 14.2. The number of carbonyl (C=O) groups excluding carboxylic acids is 1. The molecule has 45 heavy (non-hydrogen) atoms. The van der Waals surface area contributed by atoms with Gasteiger partial charge in [0, 0.05) is 46.5 Å². The van der Waals surface area contributed by atoms with Gasteiger partial charge in [-0.15, -0.1) is 10.2 Å². The van der Waals surface area contributed by atoms with Gasteiger partial charge in [-0.3, -0.25) is 15.0 Å². The molecule has 3 heterocycles. The van der Waals surface area contributed by atoms with Gasteiger partial charge in [0.15, 0.2) is 5.76 Å². The van der Waals surface area contributed by atoms with Gasteiger partial charge in [0.2, 0.25) is 16.0 Å². The van der Waals surface area contributed by atoms with E-state index in [9.17, 15) is 9.59 Å². The fraction of sp³-hybridized carbons (Fsp3) is 0.483. The minimum absolute atomic E-state index is 0.0221. The lowest BCUT2D eigenvalue weighted by molar-refractivity contribution is 0.0318. The normalized spacial score (nSPS) is 18.3. The number of hydrogen-bond donors (Lipinski definition) is 3. The summed E-state index contributed by atoms with van der Waals surface area (Å²) in [6, 6.07) is 1.45. The van der Waals surface area contributed by atoms with Crippen molar-refractivity contribution in [1.29, 1.82) is 0 Å². The fourth-order valence-corrected chi connectivity index (χ4v) is 4.81. The van der Waals surface area contributed by atoms with Crippen LogP contribution in [-0.2, 0) is 18.9 Å². The van der Waals surface area contributed by atoms with Crippen LogP contribution in [0.2, 0.25) is 0 Å². The van der Waals surface area contributed by atoms with Crippen molar-refractivity contribution in [3.8, 4) is 5.75 Å². The van der Waals surface area contributed by atoms with Gasteiger partial charge < -0.3 is 39.6 Å². The molecular formula is C29H43N7O8S. The van der Waals surface area contributed by atoms with Crippen LogP contribution in [-0.4, -0.2) is 101 Å². The maximum absolute atomic E-state index is 13.2. The number of rotatable bonds is 11. The van der Waals surface area contributed by atoms with Crippen molar-refractivity contribution in [1.82, 2.24) is 15.1 Å². The first kappa shape index (κ1) is 37.1. The van der Waals surface area contributed by atoms with Gasteiger partial charge in [0.25, 0.3) is 5.91 Å². The van der Waals surface area contributed by atoms with Crippen molar-refractivity contribution >= 4 is 33.3 Å². The minimum Gasteiger partial charge on any atom is -0.500 e. The molecule has 1 aliphatic carbocycles. The number of amides is 1. The zero-order valence-corrected chi connectivity index (χ0v) is 27.3. The summed E-state index contributed by atoms with van der Waals surface area (Å²) in [4.78, 5) is 32.6.